The van der Waals surface area contributed by atoms with E-state index in [-0.39, 0.29) is 11.7 Å². The summed E-state index contributed by atoms with van der Waals surface area (Å²) in [6.45, 7) is 2.68. The second-order valence-electron chi connectivity index (χ2n) is 9.54. The maximum Gasteiger partial charge on any atom is 0.253 e. The Hall–Kier alpha value is -3.67. The Kier molecular flexibility index (Phi) is 8.94. The van der Waals surface area contributed by atoms with Gasteiger partial charge in [0.1, 0.15) is 11.6 Å². The topological polar surface area (TPSA) is 63.2 Å². The van der Waals surface area contributed by atoms with E-state index in [1.54, 1.807) is 19.2 Å². The fourth-order valence-electron chi connectivity index (χ4n) is 5.28. The number of carbonyl (C=O) groups excluding carboxylic acids is 1. The van der Waals surface area contributed by atoms with Crippen LogP contribution in [-0.2, 0) is 4.79 Å². The maximum atomic E-state index is 13.9. The van der Waals surface area contributed by atoms with Crippen LogP contribution in [0.5, 0.6) is 5.75 Å². The number of halogens is 1. The number of hydrogen-bond acceptors (Lipinski definition) is 4. The quantitative estimate of drug-likeness (QED) is 0.264. The Labute approximate surface area is 218 Å². The first-order valence-corrected chi connectivity index (χ1v) is 13.1. The van der Waals surface area contributed by atoms with Crippen molar-refractivity contribution in [3.63, 3.8) is 0 Å². The van der Waals surface area contributed by atoms with Gasteiger partial charge in [-0.2, -0.15) is 0 Å². The molecule has 0 radical (unpaired) electrons. The van der Waals surface area contributed by atoms with Gasteiger partial charge < -0.3 is 15.4 Å². The number of methoxy groups -OCH3 is 1. The van der Waals surface area contributed by atoms with Gasteiger partial charge in [0.15, 0.2) is 0 Å². The standard InChI is InChI=1S/C31H36FN3O2/c1-4-5-8-26(30(33-2)25-9-6-7-10-29(25)37-3)31(36)35-20-21-11-13-22(14-12-21)24-17-18-34-28-16-15-23(32)19-27(24)28/h5-10,15-19,21-22,33H,4,11-14,20H2,1-3H3,(H,35,36)/b8-5+,30-26+. The Morgan fingerprint density at radius 2 is 1.92 bits per heavy atom. The van der Waals surface area contributed by atoms with Crippen molar-refractivity contribution in [3.8, 4) is 5.75 Å². The van der Waals surface area contributed by atoms with Gasteiger partial charge in [-0.25, -0.2) is 4.39 Å². The van der Waals surface area contributed by atoms with Crippen LogP contribution >= 0.6 is 0 Å². The van der Waals surface area contributed by atoms with Crippen molar-refractivity contribution in [2.75, 3.05) is 20.7 Å². The maximum absolute atomic E-state index is 13.9. The largest absolute Gasteiger partial charge is 0.496 e. The minimum absolute atomic E-state index is 0.0994. The summed E-state index contributed by atoms with van der Waals surface area (Å²) < 4.78 is 19.5. The Bertz CT molecular complexity index is 1290. The highest BCUT2D eigenvalue weighted by atomic mass is 19.1. The number of carbonyl (C=O) groups is 1. The number of para-hydroxylation sites is 1. The molecule has 0 unspecified atom stereocenters. The number of hydrogen-bond donors (Lipinski definition) is 2. The van der Waals surface area contributed by atoms with Crippen LogP contribution in [0.3, 0.4) is 0 Å². The lowest BCUT2D eigenvalue weighted by atomic mass is 9.78. The molecule has 1 fully saturated rings. The molecule has 0 spiro atoms. The molecular formula is C31H36FN3O2. The normalized spacial score (nSPS) is 18.5. The Balaban J connectivity index is 1.45. The van der Waals surface area contributed by atoms with Crippen molar-refractivity contribution >= 4 is 22.5 Å². The molecule has 2 aromatic carbocycles. The van der Waals surface area contributed by atoms with Crippen molar-refractivity contribution in [1.29, 1.82) is 0 Å². The van der Waals surface area contributed by atoms with E-state index in [4.69, 9.17) is 4.74 Å². The molecular weight excluding hydrogens is 465 g/mol. The number of allylic oxidation sites excluding steroid dienone is 1. The molecule has 1 aromatic heterocycles. The first kappa shape index (κ1) is 26.4. The zero-order valence-electron chi connectivity index (χ0n) is 21.9. The van der Waals surface area contributed by atoms with Crippen molar-refractivity contribution in [1.82, 2.24) is 15.6 Å². The third kappa shape index (κ3) is 6.19. The number of nitrogens with zero attached hydrogens (tertiary/aromatic N) is 1. The number of amides is 1. The summed E-state index contributed by atoms with van der Waals surface area (Å²) in [5, 5.41) is 7.32. The lowest BCUT2D eigenvalue weighted by Crippen LogP contribution is -2.33. The number of aromatic nitrogens is 1. The van der Waals surface area contributed by atoms with Gasteiger partial charge in [0.05, 0.1) is 23.9 Å². The zero-order valence-corrected chi connectivity index (χ0v) is 21.9. The summed E-state index contributed by atoms with van der Waals surface area (Å²) in [6.07, 6.45) is 10.6. The van der Waals surface area contributed by atoms with Gasteiger partial charge >= 0.3 is 0 Å². The van der Waals surface area contributed by atoms with Crippen LogP contribution in [0.25, 0.3) is 16.6 Å². The smallest absolute Gasteiger partial charge is 0.253 e. The molecule has 2 N–H and O–H groups in total. The van der Waals surface area contributed by atoms with Crippen molar-refractivity contribution in [3.05, 3.63) is 89.4 Å². The molecule has 6 heteroatoms. The van der Waals surface area contributed by atoms with E-state index in [1.165, 1.54) is 11.6 Å². The van der Waals surface area contributed by atoms with Crippen molar-refractivity contribution in [2.45, 2.75) is 44.9 Å². The van der Waals surface area contributed by atoms with Crippen LogP contribution in [0.4, 0.5) is 4.39 Å². The van der Waals surface area contributed by atoms with E-state index in [0.29, 0.717) is 29.7 Å². The van der Waals surface area contributed by atoms with Gasteiger partial charge in [-0.05, 0) is 85.9 Å². The lowest BCUT2D eigenvalue weighted by Gasteiger charge is -2.29. The van der Waals surface area contributed by atoms with Gasteiger partial charge in [-0.1, -0.05) is 31.2 Å². The number of rotatable bonds is 9. The molecule has 0 aliphatic heterocycles. The summed E-state index contributed by atoms with van der Waals surface area (Å²) in [5.74, 6) is 1.17. The summed E-state index contributed by atoms with van der Waals surface area (Å²) in [7, 11) is 3.46. The predicted octanol–water partition coefficient (Wildman–Crippen LogP) is 6.37. The average Bonchev–Trinajstić information content (AvgIpc) is 2.94. The molecule has 0 saturated heterocycles. The molecule has 4 rings (SSSR count). The van der Waals surface area contributed by atoms with E-state index >= 15 is 0 Å². The molecule has 3 aromatic rings. The van der Waals surface area contributed by atoms with Crippen molar-refractivity contribution < 1.29 is 13.9 Å². The third-order valence-corrected chi connectivity index (χ3v) is 7.24. The van der Waals surface area contributed by atoms with Crippen LogP contribution in [0.1, 0.15) is 56.1 Å². The molecule has 1 heterocycles. The number of ether oxygens (including phenoxy) is 1. The minimum atomic E-state index is -0.229. The molecule has 0 bridgehead atoms. The van der Waals surface area contributed by atoms with Crippen LogP contribution < -0.4 is 15.4 Å². The molecule has 0 atom stereocenters. The SMILES string of the molecule is CC/C=C/C(C(=O)NCC1CCC(c2ccnc3ccc(F)cc23)CC1)=C(\NC)c1ccccc1OC. The average molecular weight is 502 g/mol. The summed E-state index contributed by atoms with van der Waals surface area (Å²) >= 11 is 0. The Morgan fingerprint density at radius 1 is 1.14 bits per heavy atom. The first-order chi connectivity index (χ1) is 18.0. The second kappa shape index (κ2) is 12.5. The van der Waals surface area contributed by atoms with Crippen LogP contribution in [0.15, 0.2) is 72.5 Å². The van der Waals surface area contributed by atoms with Gasteiger partial charge in [0, 0.05) is 30.7 Å². The highest BCUT2D eigenvalue weighted by Crippen LogP contribution is 2.38. The fraction of sp³-hybridized carbons (Fsp3) is 0.355. The molecule has 194 valence electrons. The van der Waals surface area contributed by atoms with E-state index in [9.17, 15) is 9.18 Å². The number of pyridine rings is 1. The molecule has 5 nitrogen and oxygen atoms in total. The van der Waals surface area contributed by atoms with E-state index < -0.39 is 0 Å². The van der Waals surface area contributed by atoms with Gasteiger partial charge in [-0.3, -0.25) is 9.78 Å². The van der Waals surface area contributed by atoms with Gasteiger partial charge in [0.2, 0.25) is 0 Å². The Morgan fingerprint density at radius 3 is 2.65 bits per heavy atom. The number of nitrogens with one attached hydrogen (secondary N) is 2. The highest BCUT2D eigenvalue weighted by Gasteiger charge is 2.25. The minimum Gasteiger partial charge on any atom is -0.496 e. The third-order valence-electron chi connectivity index (χ3n) is 7.24. The molecule has 1 aliphatic carbocycles. The van der Waals surface area contributed by atoms with Crippen LogP contribution in [0, 0.1) is 11.7 Å². The fourth-order valence-corrected chi connectivity index (χ4v) is 5.28. The summed E-state index contributed by atoms with van der Waals surface area (Å²) in [5.41, 5.74) is 4.19. The highest BCUT2D eigenvalue weighted by molar-refractivity contribution is 6.04. The first-order valence-electron chi connectivity index (χ1n) is 13.1. The molecule has 1 saturated carbocycles. The van der Waals surface area contributed by atoms with Crippen molar-refractivity contribution in [2.24, 2.45) is 5.92 Å². The monoisotopic (exact) mass is 501 g/mol. The van der Waals surface area contributed by atoms with E-state index in [2.05, 4.69) is 15.6 Å². The molecule has 1 amide bonds. The predicted molar refractivity (Wildman–Crippen MR) is 148 cm³/mol. The van der Waals surface area contributed by atoms with Gasteiger partial charge in [0.25, 0.3) is 5.91 Å². The number of fused-ring (bicyclic) bond motifs is 1. The molecule has 37 heavy (non-hydrogen) atoms. The number of benzene rings is 2. The molecule has 1 aliphatic rings. The lowest BCUT2D eigenvalue weighted by molar-refractivity contribution is -0.117. The zero-order chi connectivity index (χ0) is 26.2. The van der Waals surface area contributed by atoms with E-state index in [0.717, 1.165) is 54.3 Å². The van der Waals surface area contributed by atoms with Gasteiger partial charge in [-0.15, -0.1) is 0 Å². The summed E-state index contributed by atoms with van der Waals surface area (Å²) in [4.78, 5) is 17.8. The van der Waals surface area contributed by atoms with Crippen LogP contribution in [-0.4, -0.2) is 31.6 Å². The summed E-state index contributed by atoms with van der Waals surface area (Å²) in [6, 6.07) is 14.5. The second-order valence-corrected chi connectivity index (χ2v) is 9.54. The van der Waals surface area contributed by atoms with Crippen LogP contribution in [0.2, 0.25) is 0 Å². The van der Waals surface area contributed by atoms with E-state index in [1.807, 2.05) is 62.7 Å².